The minimum absolute atomic E-state index is 0.0369. The molecular weight excluding hydrogens is 985 g/mol. The molecule has 75 heavy (non-hydrogen) atoms. The number of allylic oxidation sites excluding steroid dienone is 3. The first-order valence-electron chi connectivity index (χ1n) is 26.8. The first-order valence-corrected chi connectivity index (χ1v) is 26.8. The molecule has 7 fully saturated rings. The Labute approximate surface area is 438 Å². The number of carboxylic acids is 1. The van der Waals surface area contributed by atoms with E-state index >= 15 is 0 Å². The normalized spacial score (nSPS) is 49.4. The average Bonchev–Trinajstić information content (AvgIpc) is 3.35. The van der Waals surface area contributed by atoms with Gasteiger partial charge in [0.1, 0.15) is 78.7 Å². The maximum atomic E-state index is 14.0. The van der Waals surface area contributed by atoms with Crippen molar-refractivity contribution < 1.29 is 103 Å². The summed E-state index contributed by atoms with van der Waals surface area (Å²) < 4.78 is 48.8. The van der Waals surface area contributed by atoms with Crippen LogP contribution in [0.3, 0.4) is 0 Å². The van der Waals surface area contributed by atoms with Gasteiger partial charge in [-0.2, -0.15) is 0 Å². The van der Waals surface area contributed by atoms with Crippen LogP contribution in [0.2, 0.25) is 0 Å². The van der Waals surface area contributed by atoms with Gasteiger partial charge in [0.05, 0.1) is 25.9 Å². The molecule has 0 aromatic carbocycles. The van der Waals surface area contributed by atoms with E-state index < -0.39 is 170 Å². The molecule has 5 aliphatic carbocycles. The number of hydrogen-bond donors (Lipinski definition) is 10. The predicted molar refractivity (Wildman–Crippen MR) is 260 cm³/mol. The molecule has 0 radical (unpaired) electrons. The zero-order valence-corrected chi connectivity index (χ0v) is 44.9. The number of carbonyl (C=O) groups excluding carboxylic acids is 2. The molecule has 0 unspecified atom stereocenters. The molecule has 0 bridgehead atoms. The number of aliphatic carboxylic acids is 1. The third-order valence-corrected chi connectivity index (χ3v) is 20.4. The van der Waals surface area contributed by atoms with Gasteiger partial charge in [0.25, 0.3) is 0 Å². The van der Waals surface area contributed by atoms with Crippen LogP contribution in [0, 0.1) is 50.2 Å². The second-order valence-electron chi connectivity index (χ2n) is 25.1. The highest BCUT2D eigenvalue weighted by atomic mass is 16.8. The summed E-state index contributed by atoms with van der Waals surface area (Å²) in [5, 5.41) is 108. The molecule has 8 rings (SSSR count). The fourth-order valence-electron chi connectivity index (χ4n) is 15.9. The smallest absolute Gasteiger partial charge is 0.333 e. The summed E-state index contributed by atoms with van der Waals surface area (Å²) in [4.78, 5) is 40.3. The van der Waals surface area contributed by atoms with Crippen LogP contribution in [-0.4, -0.2) is 193 Å². The molecule has 4 saturated carbocycles. The minimum Gasteiger partial charge on any atom is -0.481 e. The summed E-state index contributed by atoms with van der Waals surface area (Å²) in [5.74, 6) is -2.72. The Morgan fingerprint density at radius 2 is 1.33 bits per heavy atom. The highest BCUT2D eigenvalue weighted by Crippen LogP contribution is 2.76. The first kappa shape index (κ1) is 58.4. The second-order valence-corrected chi connectivity index (χ2v) is 25.1. The maximum Gasteiger partial charge on any atom is 0.333 e. The van der Waals surface area contributed by atoms with Crippen LogP contribution in [0.15, 0.2) is 23.3 Å². The fourth-order valence-corrected chi connectivity index (χ4v) is 15.9. The van der Waals surface area contributed by atoms with E-state index in [-0.39, 0.29) is 29.1 Å². The highest BCUT2D eigenvalue weighted by Gasteiger charge is 2.73. The lowest BCUT2D eigenvalue weighted by molar-refractivity contribution is -0.392. The maximum absolute atomic E-state index is 14.0. The zero-order chi connectivity index (χ0) is 55.3. The largest absolute Gasteiger partial charge is 0.481 e. The van der Waals surface area contributed by atoms with E-state index in [0.29, 0.717) is 37.7 Å². The summed E-state index contributed by atoms with van der Waals surface area (Å²) in [7, 11) is 0. The van der Waals surface area contributed by atoms with Gasteiger partial charge < -0.3 is 89.0 Å². The number of carboxylic acid groups (broad SMARTS) is 1. The number of ether oxygens (including phenoxy) is 8. The Morgan fingerprint density at radius 3 is 1.96 bits per heavy atom. The van der Waals surface area contributed by atoms with Crippen molar-refractivity contribution in [2.24, 2.45) is 50.2 Å². The molecule has 21 heteroatoms. The second kappa shape index (κ2) is 21.1. The van der Waals surface area contributed by atoms with Crippen molar-refractivity contribution >= 4 is 17.9 Å². The molecular formula is C54H84O21. The van der Waals surface area contributed by atoms with E-state index in [4.69, 9.17) is 37.9 Å². The molecule has 0 spiro atoms. The number of carbonyl (C=O) groups is 3. The van der Waals surface area contributed by atoms with E-state index in [1.165, 1.54) is 6.92 Å². The molecule has 3 heterocycles. The third kappa shape index (κ3) is 9.45. The van der Waals surface area contributed by atoms with E-state index in [1.807, 2.05) is 13.8 Å². The molecule has 10 N–H and O–H groups in total. The Kier molecular flexibility index (Phi) is 16.4. The topological polar surface area (TPSA) is 327 Å². The lowest BCUT2D eigenvalue weighted by Crippen LogP contribution is -2.70. The molecule has 24 atom stereocenters. The standard InChI is InChI=1S/C54H84O21/c1-11-24(2)44(65)75-42-43(69-25(3)57)54(48(66)67)19-18-52(9)26(27(54)20-49(42,4)5)12-13-32-51(8)16-15-33(50(6,7)31(51)14-17-53(32,52)10)72-47-41(74-46-38(63)36(61)35(60)29(21-55)70-46)39(64)40(30(22-56)71-47)73-45-37(62)34(59)28(58)23-68-45/h11-12,27-43,45-47,55-56,58-64H,13-23H2,1-10H3,(H,66,67)/b24-11-/t27-,28-,29+,30+,31-,32+,33-,34-,35+,36-,37+,38+,39-,40+,41+,42-,43-,45-,46-,47-,51-,52+,53+,54-/m0/s1. The minimum atomic E-state index is -1.89. The van der Waals surface area contributed by atoms with Gasteiger partial charge in [0, 0.05) is 23.8 Å². The number of aliphatic hydroxyl groups is 9. The average molecular weight is 1070 g/mol. The number of esters is 2. The van der Waals surface area contributed by atoms with Crippen LogP contribution in [0.5, 0.6) is 0 Å². The summed E-state index contributed by atoms with van der Waals surface area (Å²) in [6, 6.07) is 0. The predicted octanol–water partition coefficient (Wildman–Crippen LogP) is 1.37. The first-order chi connectivity index (χ1) is 35.0. The van der Waals surface area contributed by atoms with E-state index in [0.717, 1.165) is 18.4 Å². The van der Waals surface area contributed by atoms with Crippen LogP contribution >= 0.6 is 0 Å². The van der Waals surface area contributed by atoms with Gasteiger partial charge in [0.2, 0.25) is 0 Å². The van der Waals surface area contributed by atoms with Crippen molar-refractivity contribution in [3.05, 3.63) is 23.3 Å². The molecule has 426 valence electrons. The number of rotatable bonds is 12. The van der Waals surface area contributed by atoms with Crippen LogP contribution in [-0.2, 0) is 52.3 Å². The molecule has 0 aromatic rings. The lowest BCUT2D eigenvalue weighted by atomic mass is 9.33. The van der Waals surface area contributed by atoms with Gasteiger partial charge in [-0.15, -0.1) is 0 Å². The van der Waals surface area contributed by atoms with Gasteiger partial charge in [0.15, 0.2) is 25.0 Å². The van der Waals surface area contributed by atoms with Crippen molar-refractivity contribution in [2.75, 3.05) is 19.8 Å². The Morgan fingerprint density at radius 1 is 0.693 bits per heavy atom. The van der Waals surface area contributed by atoms with Crippen LogP contribution < -0.4 is 0 Å². The monoisotopic (exact) mass is 1070 g/mol. The number of fused-ring (bicyclic) bond motifs is 7. The number of hydrogen-bond acceptors (Lipinski definition) is 20. The van der Waals surface area contributed by atoms with Crippen LogP contribution in [0.25, 0.3) is 0 Å². The highest BCUT2D eigenvalue weighted by molar-refractivity contribution is 5.88. The van der Waals surface area contributed by atoms with E-state index in [9.17, 15) is 65.4 Å². The lowest BCUT2D eigenvalue weighted by Gasteiger charge is -2.71. The molecule has 0 aromatic heterocycles. The summed E-state index contributed by atoms with van der Waals surface area (Å²) in [6.07, 6.45) is -17.4. The summed E-state index contributed by atoms with van der Waals surface area (Å²) in [5.41, 5.74) is -2.64. The van der Waals surface area contributed by atoms with Gasteiger partial charge in [-0.25, -0.2) is 4.79 Å². The van der Waals surface area contributed by atoms with E-state index in [1.54, 1.807) is 19.9 Å². The van der Waals surface area contributed by atoms with Crippen molar-refractivity contribution in [2.45, 2.75) is 225 Å². The molecule has 0 amide bonds. The Bertz CT molecular complexity index is 2180. The third-order valence-electron chi connectivity index (χ3n) is 20.4. The fraction of sp³-hybridized carbons (Fsp3) is 0.870. The van der Waals surface area contributed by atoms with Crippen molar-refractivity contribution in [1.29, 1.82) is 0 Å². The van der Waals surface area contributed by atoms with Crippen LogP contribution in [0.4, 0.5) is 0 Å². The molecule has 21 nitrogen and oxygen atoms in total. The summed E-state index contributed by atoms with van der Waals surface area (Å²) in [6.45, 7) is 17.8. The van der Waals surface area contributed by atoms with E-state index in [2.05, 4.69) is 40.7 Å². The Balaban J connectivity index is 1.08. The zero-order valence-electron chi connectivity index (χ0n) is 44.9. The quantitative estimate of drug-likeness (QED) is 0.0571. The van der Waals surface area contributed by atoms with Crippen LogP contribution in [0.1, 0.15) is 121 Å². The Hall–Kier alpha value is -2.71. The van der Waals surface area contributed by atoms with Gasteiger partial charge in [-0.1, -0.05) is 66.2 Å². The van der Waals surface area contributed by atoms with Crippen molar-refractivity contribution in [1.82, 2.24) is 0 Å². The van der Waals surface area contributed by atoms with Crippen molar-refractivity contribution in [3.63, 3.8) is 0 Å². The van der Waals surface area contributed by atoms with Crippen molar-refractivity contribution in [3.8, 4) is 0 Å². The molecule has 3 aliphatic heterocycles. The van der Waals surface area contributed by atoms with Gasteiger partial charge in [-0.05, 0) is 98.7 Å². The summed E-state index contributed by atoms with van der Waals surface area (Å²) >= 11 is 0. The number of aliphatic hydroxyl groups excluding tert-OH is 9. The van der Waals surface area contributed by atoms with Gasteiger partial charge >= 0.3 is 17.9 Å². The van der Waals surface area contributed by atoms with Gasteiger partial charge in [-0.3, -0.25) is 9.59 Å². The molecule has 3 saturated heterocycles. The SMILES string of the molecule is C/C=C(/C)C(=O)O[C@H]1[C@H](OC(C)=O)[C@]2(C(=O)O)CC[C@]3(C)C(=CC[C@@H]4[C@@]5(C)CC[C@H](O[C@@H]6O[C@H](CO)[C@@H](O[C@@H]7OC[C@H](O)[C@H](O)[C@H]7O)[C@H](O)[C@H]6O[C@@H]6O[C@H](CO)[C@@H](O)[C@H](O)[C@H]6O)C(C)(C)[C@@H]5CC[C@]43C)[C@@H]2CC1(C)C. The molecule has 8 aliphatic rings.